The van der Waals surface area contributed by atoms with Gasteiger partial charge in [0.15, 0.2) is 5.13 Å². The molecule has 0 radical (unpaired) electrons. The first-order valence-electron chi connectivity index (χ1n) is 5.23. The lowest BCUT2D eigenvalue weighted by molar-refractivity contribution is 0.482. The summed E-state index contributed by atoms with van der Waals surface area (Å²) in [5.41, 5.74) is 5.62. The molecule has 1 saturated carbocycles. The summed E-state index contributed by atoms with van der Waals surface area (Å²) in [6.07, 6.45) is 7.20. The molecule has 1 aromatic rings. The lowest BCUT2D eigenvalue weighted by Crippen LogP contribution is -2.23. The molecule has 3 N–H and O–H groups in total. The minimum absolute atomic E-state index is 0.531. The van der Waals surface area contributed by atoms with Crippen LogP contribution in [0.2, 0.25) is 0 Å². The van der Waals surface area contributed by atoms with Crippen molar-refractivity contribution >= 4 is 21.5 Å². The second kappa shape index (κ2) is 4.17. The van der Waals surface area contributed by atoms with Crippen LogP contribution in [0, 0.1) is 5.92 Å². The van der Waals surface area contributed by atoms with Gasteiger partial charge in [0.2, 0.25) is 0 Å². The van der Waals surface area contributed by atoms with Crippen LogP contribution < -0.4 is 11.1 Å². The van der Waals surface area contributed by atoms with Gasteiger partial charge >= 0.3 is 0 Å². The molecule has 0 spiro atoms. The number of thiazole rings is 1. The molecule has 1 atom stereocenters. The van der Waals surface area contributed by atoms with Crippen molar-refractivity contribution in [1.82, 2.24) is 4.98 Å². The average molecular weight is 211 g/mol. The molecule has 1 heterocycles. The van der Waals surface area contributed by atoms with Gasteiger partial charge in [-0.05, 0) is 25.7 Å². The quantitative estimate of drug-likeness (QED) is 0.808. The van der Waals surface area contributed by atoms with Gasteiger partial charge in [0.05, 0.1) is 6.20 Å². The number of nitrogens with two attached hydrogens (primary N) is 1. The smallest absolute Gasteiger partial charge is 0.184 e. The van der Waals surface area contributed by atoms with Crippen molar-refractivity contribution in [2.24, 2.45) is 5.92 Å². The van der Waals surface area contributed by atoms with Crippen LogP contribution in [-0.4, -0.2) is 11.0 Å². The van der Waals surface area contributed by atoms with E-state index in [1.54, 1.807) is 6.20 Å². The maximum absolute atomic E-state index is 5.62. The highest BCUT2D eigenvalue weighted by Gasteiger charge is 2.21. The van der Waals surface area contributed by atoms with E-state index in [9.17, 15) is 0 Å². The Balaban J connectivity index is 1.90. The zero-order valence-corrected chi connectivity index (χ0v) is 9.31. The first kappa shape index (κ1) is 9.77. The third-order valence-corrected chi connectivity index (χ3v) is 3.74. The van der Waals surface area contributed by atoms with Crippen molar-refractivity contribution in [3.05, 3.63) is 6.20 Å². The molecule has 0 aromatic carbocycles. The van der Waals surface area contributed by atoms with Crippen LogP contribution >= 0.6 is 11.3 Å². The van der Waals surface area contributed by atoms with Crippen LogP contribution in [0.5, 0.6) is 0 Å². The van der Waals surface area contributed by atoms with Gasteiger partial charge in [-0.3, -0.25) is 0 Å². The number of nitrogens with zero attached hydrogens (tertiary/aromatic N) is 1. The molecule has 1 aromatic heterocycles. The Hall–Kier alpha value is -0.770. The molecule has 0 amide bonds. The Morgan fingerprint density at radius 2 is 2.29 bits per heavy atom. The molecule has 1 unspecified atom stereocenters. The van der Waals surface area contributed by atoms with E-state index >= 15 is 0 Å². The summed E-state index contributed by atoms with van der Waals surface area (Å²) in [5.74, 6) is 0.820. The standard InChI is InChI=1S/C10H17N3S/c1-7(8-4-2-3-5-8)13-10-12-6-9(11)14-10/h6-8H,2-5,11H2,1H3,(H,12,13). The van der Waals surface area contributed by atoms with Gasteiger partial charge in [-0.15, -0.1) is 0 Å². The Kier molecular flexibility index (Phi) is 2.91. The molecular formula is C10H17N3S. The molecule has 1 aliphatic carbocycles. The molecule has 1 aliphatic rings. The molecule has 1 fully saturated rings. The van der Waals surface area contributed by atoms with E-state index in [1.807, 2.05) is 0 Å². The first-order valence-corrected chi connectivity index (χ1v) is 6.05. The summed E-state index contributed by atoms with van der Waals surface area (Å²) in [5, 5.41) is 5.18. The molecule has 0 saturated heterocycles. The van der Waals surface area contributed by atoms with Crippen molar-refractivity contribution < 1.29 is 0 Å². The minimum Gasteiger partial charge on any atom is -0.389 e. The van der Waals surface area contributed by atoms with Crippen LogP contribution in [0.1, 0.15) is 32.6 Å². The van der Waals surface area contributed by atoms with Gasteiger partial charge in [0.1, 0.15) is 5.00 Å². The zero-order valence-electron chi connectivity index (χ0n) is 8.49. The highest BCUT2D eigenvalue weighted by Crippen LogP contribution is 2.30. The number of aromatic nitrogens is 1. The van der Waals surface area contributed by atoms with Crippen molar-refractivity contribution in [2.45, 2.75) is 38.6 Å². The van der Waals surface area contributed by atoms with Crippen LogP contribution in [-0.2, 0) is 0 Å². The van der Waals surface area contributed by atoms with Gasteiger partial charge in [-0.1, -0.05) is 24.2 Å². The SMILES string of the molecule is CC(Nc1ncc(N)s1)C1CCCC1. The molecule has 0 bridgehead atoms. The number of nitrogen functional groups attached to an aromatic ring is 1. The predicted molar refractivity (Wildman–Crippen MR) is 61.6 cm³/mol. The van der Waals surface area contributed by atoms with Gasteiger partial charge in [-0.2, -0.15) is 0 Å². The van der Waals surface area contributed by atoms with E-state index in [-0.39, 0.29) is 0 Å². The van der Waals surface area contributed by atoms with E-state index in [1.165, 1.54) is 37.0 Å². The van der Waals surface area contributed by atoms with Crippen LogP contribution in [0.25, 0.3) is 0 Å². The second-order valence-electron chi connectivity index (χ2n) is 4.05. The Morgan fingerprint density at radius 3 is 2.86 bits per heavy atom. The summed E-state index contributed by atoms with van der Waals surface area (Å²) in [7, 11) is 0. The first-order chi connectivity index (χ1) is 6.75. The monoisotopic (exact) mass is 211 g/mol. The highest BCUT2D eigenvalue weighted by molar-refractivity contribution is 7.19. The summed E-state index contributed by atoms with van der Waals surface area (Å²) in [6.45, 7) is 2.24. The van der Waals surface area contributed by atoms with Gasteiger partial charge < -0.3 is 11.1 Å². The largest absolute Gasteiger partial charge is 0.389 e. The summed E-state index contributed by atoms with van der Waals surface area (Å²) < 4.78 is 0. The Morgan fingerprint density at radius 1 is 1.57 bits per heavy atom. The second-order valence-corrected chi connectivity index (χ2v) is 5.11. The fraction of sp³-hybridized carbons (Fsp3) is 0.700. The fourth-order valence-corrected chi connectivity index (χ4v) is 2.80. The lowest BCUT2D eigenvalue weighted by atomic mass is 10.0. The van der Waals surface area contributed by atoms with E-state index in [0.29, 0.717) is 6.04 Å². The maximum Gasteiger partial charge on any atom is 0.184 e. The van der Waals surface area contributed by atoms with E-state index in [0.717, 1.165) is 16.1 Å². The van der Waals surface area contributed by atoms with Crippen molar-refractivity contribution in [1.29, 1.82) is 0 Å². The van der Waals surface area contributed by atoms with Gasteiger partial charge in [0, 0.05) is 6.04 Å². The van der Waals surface area contributed by atoms with E-state index < -0.39 is 0 Å². The molecule has 14 heavy (non-hydrogen) atoms. The van der Waals surface area contributed by atoms with E-state index in [2.05, 4.69) is 17.2 Å². The number of hydrogen-bond acceptors (Lipinski definition) is 4. The van der Waals surface area contributed by atoms with Crippen molar-refractivity contribution in [2.75, 3.05) is 11.1 Å². The number of hydrogen-bond donors (Lipinski definition) is 2. The summed E-state index contributed by atoms with van der Waals surface area (Å²) in [6, 6.07) is 0.531. The van der Waals surface area contributed by atoms with Crippen molar-refractivity contribution in [3.8, 4) is 0 Å². The van der Waals surface area contributed by atoms with E-state index in [4.69, 9.17) is 5.73 Å². The average Bonchev–Trinajstić information content (AvgIpc) is 2.75. The normalized spacial score (nSPS) is 19.8. The fourth-order valence-electron chi connectivity index (χ4n) is 2.12. The predicted octanol–water partition coefficient (Wildman–Crippen LogP) is 2.72. The highest BCUT2D eigenvalue weighted by atomic mass is 32.1. The zero-order chi connectivity index (χ0) is 9.97. The topological polar surface area (TPSA) is 50.9 Å². The Bertz CT molecular complexity index is 291. The number of anilines is 2. The molecule has 4 heteroatoms. The Labute approximate surface area is 88.7 Å². The van der Waals surface area contributed by atoms with Crippen LogP contribution in [0.3, 0.4) is 0 Å². The molecule has 3 nitrogen and oxygen atoms in total. The summed E-state index contributed by atoms with van der Waals surface area (Å²) in [4.78, 5) is 4.21. The van der Waals surface area contributed by atoms with Gasteiger partial charge in [0.25, 0.3) is 0 Å². The van der Waals surface area contributed by atoms with Crippen molar-refractivity contribution in [3.63, 3.8) is 0 Å². The molecular weight excluding hydrogens is 194 g/mol. The molecule has 2 rings (SSSR count). The number of nitrogens with one attached hydrogen (secondary N) is 1. The minimum atomic E-state index is 0.531. The van der Waals surface area contributed by atoms with Crippen LogP contribution in [0.15, 0.2) is 6.20 Å². The molecule has 78 valence electrons. The number of rotatable bonds is 3. The lowest BCUT2D eigenvalue weighted by Gasteiger charge is -2.19. The molecule has 0 aliphatic heterocycles. The summed E-state index contributed by atoms with van der Waals surface area (Å²) >= 11 is 1.53. The van der Waals surface area contributed by atoms with Gasteiger partial charge in [-0.25, -0.2) is 4.98 Å². The third kappa shape index (κ3) is 2.18. The maximum atomic E-state index is 5.62. The van der Waals surface area contributed by atoms with Crippen LogP contribution in [0.4, 0.5) is 10.1 Å². The third-order valence-electron chi connectivity index (χ3n) is 2.98.